The van der Waals surface area contributed by atoms with Crippen molar-refractivity contribution in [2.75, 3.05) is 19.5 Å². The molecule has 2 aliphatic rings. The van der Waals surface area contributed by atoms with Crippen molar-refractivity contribution in [2.45, 2.75) is 97.9 Å². The summed E-state index contributed by atoms with van der Waals surface area (Å²) in [7, 11) is 0. The van der Waals surface area contributed by atoms with Gasteiger partial charge in [0.1, 0.15) is 11.9 Å². The normalized spacial score (nSPS) is 18.8. The van der Waals surface area contributed by atoms with E-state index in [1.807, 2.05) is 19.9 Å². The minimum absolute atomic E-state index is 0.00121. The molecule has 41 heavy (non-hydrogen) atoms. The lowest BCUT2D eigenvalue weighted by molar-refractivity contribution is -0.140. The van der Waals surface area contributed by atoms with E-state index in [1.54, 1.807) is 6.26 Å². The zero-order chi connectivity index (χ0) is 31.1. The average molecular weight is 600 g/mol. The van der Waals surface area contributed by atoms with Crippen molar-refractivity contribution in [3.63, 3.8) is 0 Å². The van der Waals surface area contributed by atoms with Gasteiger partial charge in [0, 0.05) is 22.5 Å². The van der Waals surface area contributed by atoms with E-state index < -0.39 is 29.8 Å². The van der Waals surface area contributed by atoms with Crippen LogP contribution in [0, 0.1) is 11.2 Å². The molecule has 0 amide bonds. The van der Waals surface area contributed by atoms with E-state index in [9.17, 15) is 27.8 Å². The molecule has 1 aliphatic heterocycles. The third kappa shape index (κ3) is 8.55. The highest BCUT2D eigenvalue weighted by molar-refractivity contribution is 7.79. The first kappa shape index (κ1) is 35.3. The highest BCUT2D eigenvalue weighted by Gasteiger charge is 2.39. The van der Waals surface area contributed by atoms with Crippen LogP contribution in [-0.4, -0.2) is 34.7 Å². The second-order valence-corrected chi connectivity index (χ2v) is 11.6. The number of halogens is 4. The Morgan fingerprint density at radius 1 is 1.15 bits per heavy atom. The average Bonchev–Trinajstić information content (AvgIpc) is 2.91. The molecule has 0 spiro atoms. The Kier molecular flexibility index (Phi) is 12.9. The lowest BCUT2D eigenvalue weighted by Gasteiger charge is -2.38. The molecule has 2 N–H and O–H groups in total. The first-order chi connectivity index (χ1) is 19.2. The van der Waals surface area contributed by atoms with Crippen molar-refractivity contribution in [3.8, 4) is 0 Å². The van der Waals surface area contributed by atoms with Gasteiger partial charge in [-0.1, -0.05) is 66.5 Å². The topological polar surface area (TPSA) is 62.6 Å². The predicted molar refractivity (Wildman–Crippen MR) is 160 cm³/mol. The summed E-state index contributed by atoms with van der Waals surface area (Å²) in [6.07, 6.45) is 0.841. The first-order valence-corrected chi connectivity index (χ1v) is 15.1. The molecule has 4 rings (SSSR count). The Bertz CT molecular complexity index is 1190. The zero-order valence-electron chi connectivity index (χ0n) is 25.2. The van der Waals surface area contributed by atoms with Gasteiger partial charge in [-0.05, 0) is 65.7 Å². The Morgan fingerprint density at radius 3 is 2.27 bits per heavy atom. The van der Waals surface area contributed by atoms with Crippen LogP contribution in [0.3, 0.4) is 0 Å². The molecule has 2 aromatic rings. The summed E-state index contributed by atoms with van der Waals surface area (Å²) in [6.45, 7) is 13.2. The van der Waals surface area contributed by atoms with Gasteiger partial charge in [0.15, 0.2) is 0 Å². The molecule has 4 nitrogen and oxygen atoms in total. The summed E-state index contributed by atoms with van der Waals surface area (Å²) in [4.78, 5) is 4.89. The van der Waals surface area contributed by atoms with Crippen molar-refractivity contribution in [2.24, 2.45) is 5.41 Å². The highest BCUT2D eigenvalue weighted by Crippen LogP contribution is 2.48. The van der Waals surface area contributed by atoms with Crippen LogP contribution in [0.4, 0.5) is 17.6 Å². The fourth-order valence-corrected chi connectivity index (χ4v) is 5.24. The lowest BCUT2D eigenvalue weighted by Crippen LogP contribution is -2.30. The van der Waals surface area contributed by atoms with E-state index in [-0.39, 0.29) is 16.9 Å². The van der Waals surface area contributed by atoms with Crippen LogP contribution in [0.1, 0.15) is 125 Å². The van der Waals surface area contributed by atoms with Gasteiger partial charge in [-0.25, -0.2) is 4.39 Å². The van der Waals surface area contributed by atoms with Crippen LogP contribution < -0.4 is 0 Å². The molecule has 2 heterocycles. The van der Waals surface area contributed by atoms with Gasteiger partial charge in [0.2, 0.25) is 0 Å². The van der Waals surface area contributed by atoms with Gasteiger partial charge in [-0.2, -0.15) is 25.8 Å². The number of benzene rings is 1. The van der Waals surface area contributed by atoms with E-state index >= 15 is 0 Å². The van der Waals surface area contributed by atoms with Crippen LogP contribution in [0.15, 0.2) is 24.3 Å². The van der Waals surface area contributed by atoms with Crippen LogP contribution >= 0.6 is 12.6 Å². The summed E-state index contributed by atoms with van der Waals surface area (Å²) >= 11 is 3.53. The SMILES string of the molecule is CC(C)c1nc2c(c(C3=CCOCC3)c1[C@@H](O)c1ccc(C(F)(F)F)c(F)c1)C(O)CC(C)(C)C2.CCCC.CS. The van der Waals surface area contributed by atoms with Gasteiger partial charge < -0.3 is 14.9 Å². The number of unbranched alkanes of at least 4 members (excludes halogenated alkanes) is 1. The van der Waals surface area contributed by atoms with Crippen molar-refractivity contribution in [1.29, 1.82) is 0 Å². The van der Waals surface area contributed by atoms with Gasteiger partial charge in [-0.15, -0.1) is 0 Å². The number of rotatable bonds is 5. The largest absolute Gasteiger partial charge is 0.419 e. The quantitative estimate of drug-likeness (QED) is 0.238. The summed E-state index contributed by atoms with van der Waals surface area (Å²) in [5.41, 5.74) is 2.39. The maximum Gasteiger partial charge on any atom is 0.419 e. The smallest absolute Gasteiger partial charge is 0.388 e. The van der Waals surface area contributed by atoms with Gasteiger partial charge in [0.05, 0.1) is 24.9 Å². The Hall–Kier alpha value is -1.94. The predicted octanol–water partition coefficient (Wildman–Crippen LogP) is 8.61. The first-order valence-electron chi connectivity index (χ1n) is 14.2. The van der Waals surface area contributed by atoms with E-state index in [1.165, 1.54) is 12.8 Å². The molecular weight excluding hydrogens is 554 g/mol. The summed E-state index contributed by atoms with van der Waals surface area (Å²) in [6, 6.07) is 2.49. The maximum atomic E-state index is 14.4. The molecule has 0 saturated carbocycles. The summed E-state index contributed by atoms with van der Waals surface area (Å²) in [5.74, 6) is -1.58. The molecule has 0 fully saturated rings. The maximum absolute atomic E-state index is 14.4. The molecule has 0 radical (unpaired) electrons. The minimum Gasteiger partial charge on any atom is -0.388 e. The van der Waals surface area contributed by atoms with Crippen molar-refractivity contribution in [1.82, 2.24) is 4.98 Å². The number of aliphatic hydroxyl groups is 2. The van der Waals surface area contributed by atoms with Crippen LogP contribution in [-0.2, 0) is 17.3 Å². The van der Waals surface area contributed by atoms with Crippen LogP contribution in [0.25, 0.3) is 5.57 Å². The third-order valence-electron chi connectivity index (χ3n) is 7.33. The molecule has 1 aromatic carbocycles. The number of thiol groups is 1. The van der Waals surface area contributed by atoms with Gasteiger partial charge >= 0.3 is 6.18 Å². The number of fused-ring (bicyclic) bond motifs is 1. The lowest BCUT2D eigenvalue weighted by atomic mass is 9.71. The van der Waals surface area contributed by atoms with Gasteiger partial charge in [-0.3, -0.25) is 4.98 Å². The molecule has 1 aromatic heterocycles. The Balaban J connectivity index is 0.000000902. The standard InChI is InChI=1S/C27H31F4NO3.C4H10.CH4S/c1-14(2)24-23(25(34)16-5-6-17(18(28)11-16)27(29,30)31)21(15-7-9-35-10-8-15)22-19(32-24)12-26(3,4)13-20(22)33;1-3-4-2;1-2/h5-7,11,14,20,25,33-34H,8-10,12-13H2,1-4H3;3-4H2,1-2H3;2H,1H3/t20?,25-;;/m0../s1. The van der Waals surface area contributed by atoms with Crippen LogP contribution in [0.2, 0.25) is 0 Å². The van der Waals surface area contributed by atoms with Crippen LogP contribution in [0.5, 0.6) is 0 Å². The molecule has 2 atom stereocenters. The number of alkyl halides is 3. The number of aliphatic hydroxyl groups excluding tert-OH is 2. The second-order valence-electron chi connectivity index (χ2n) is 11.6. The van der Waals surface area contributed by atoms with E-state index in [0.717, 1.165) is 23.4 Å². The number of nitrogens with zero attached hydrogens (tertiary/aromatic N) is 1. The molecule has 1 unspecified atom stereocenters. The van der Waals surface area contributed by atoms with E-state index in [4.69, 9.17) is 9.72 Å². The fraction of sp³-hybridized carbons (Fsp3) is 0.594. The number of aromatic nitrogens is 1. The molecule has 0 saturated heterocycles. The minimum atomic E-state index is -4.83. The number of pyridine rings is 1. The molecular formula is C32H45F4NO3S. The second kappa shape index (κ2) is 15.0. The number of ether oxygens (including phenoxy) is 1. The van der Waals surface area contributed by atoms with E-state index in [2.05, 4.69) is 40.3 Å². The van der Waals surface area contributed by atoms with Crippen molar-refractivity contribution >= 4 is 18.2 Å². The van der Waals surface area contributed by atoms with E-state index in [0.29, 0.717) is 60.9 Å². The number of hydrogen-bond acceptors (Lipinski definition) is 5. The summed E-state index contributed by atoms with van der Waals surface area (Å²) < 4.78 is 59.3. The molecule has 230 valence electrons. The summed E-state index contributed by atoms with van der Waals surface area (Å²) in [5, 5.41) is 22.7. The van der Waals surface area contributed by atoms with Gasteiger partial charge in [0.25, 0.3) is 0 Å². The number of hydrogen-bond donors (Lipinski definition) is 3. The fourth-order valence-electron chi connectivity index (χ4n) is 5.24. The Morgan fingerprint density at radius 2 is 1.78 bits per heavy atom. The monoisotopic (exact) mass is 599 g/mol. The third-order valence-corrected chi connectivity index (χ3v) is 7.33. The Labute approximate surface area is 247 Å². The molecule has 0 bridgehead atoms. The molecule has 1 aliphatic carbocycles. The molecule has 9 heteroatoms. The van der Waals surface area contributed by atoms with Crippen molar-refractivity contribution < 1.29 is 32.5 Å². The van der Waals surface area contributed by atoms with Crippen molar-refractivity contribution in [3.05, 3.63) is 69.3 Å². The zero-order valence-corrected chi connectivity index (χ0v) is 26.1. The highest BCUT2D eigenvalue weighted by atomic mass is 32.1.